The van der Waals surface area contributed by atoms with E-state index >= 15 is 0 Å². The molecule has 21 heavy (non-hydrogen) atoms. The van der Waals surface area contributed by atoms with Crippen molar-refractivity contribution in [1.29, 1.82) is 0 Å². The first-order valence-electron chi connectivity index (χ1n) is 7.21. The second-order valence-corrected chi connectivity index (χ2v) is 5.15. The molecule has 0 saturated heterocycles. The van der Waals surface area contributed by atoms with Crippen molar-refractivity contribution in [3.05, 3.63) is 47.0 Å². The smallest absolute Gasteiger partial charge is 0.219 e. The standard InChI is InChI=1S/C16H19NO4/c1-11-15(18)14-12(9-17-11)10-21-16(14)20-8-7-19-13-5-3-2-4-6-13/h3,5-6,9,16,18H,2,4,7-8,10H2,1H3/p+1. The summed E-state index contributed by atoms with van der Waals surface area (Å²) in [5, 5.41) is 10.1. The number of aromatic nitrogens is 1. The molecule has 0 bridgehead atoms. The summed E-state index contributed by atoms with van der Waals surface area (Å²) >= 11 is 0. The lowest BCUT2D eigenvalue weighted by molar-refractivity contribution is -0.389. The zero-order chi connectivity index (χ0) is 14.7. The Hall–Kier alpha value is -1.85. The maximum Gasteiger partial charge on any atom is 0.219 e. The lowest BCUT2D eigenvalue weighted by Gasteiger charge is -2.14. The number of aryl methyl sites for hydroxylation is 1. The lowest BCUT2D eigenvalue weighted by Crippen LogP contribution is -2.12. The lowest BCUT2D eigenvalue weighted by atomic mass is 10.1. The SMILES string of the molecule is Cc1[nH+]cc2c(c1O)C(OCCOC1=CCCC=C1)OC2. The third-order valence-electron chi connectivity index (χ3n) is 3.63. The molecule has 5 nitrogen and oxygen atoms in total. The van der Waals surface area contributed by atoms with E-state index in [0.717, 1.165) is 29.7 Å². The summed E-state index contributed by atoms with van der Waals surface area (Å²) in [6.45, 7) is 3.13. The van der Waals surface area contributed by atoms with Gasteiger partial charge in [0, 0.05) is 6.92 Å². The highest BCUT2D eigenvalue weighted by Gasteiger charge is 2.31. The first kappa shape index (κ1) is 14.1. The Labute approximate surface area is 123 Å². The summed E-state index contributed by atoms with van der Waals surface area (Å²) in [4.78, 5) is 3.01. The third-order valence-corrected chi connectivity index (χ3v) is 3.63. The van der Waals surface area contributed by atoms with Crippen LogP contribution in [-0.4, -0.2) is 18.3 Å². The molecule has 1 aromatic rings. The Morgan fingerprint density at radius 2 is 2.29 bits per heavy atom. The fourth-order valence-corrected chi connectivity index (χ4v) is 2.47. The molecule has 1 aliphatic heterocycles. The maximum absolute atomic E-state index is 10.1. The number of ether oxygens (including phenoxy) is 3. The Bertz CT molecular complexity index is 580. The number of aromatic amines is 1. The monoisotopic (exact) mass is 290 g/mol. The van der Waals surface area contributed by atoms with Gasteiger partial charge < -0.3 is 19.3 Å². The summed E-state index contributed by atoms with van der Waals surface area (Å²) < 4.78 is 16.9. The molecule has 3 rings (SSSR count). The van der Waals surface area contributed by atoms with Crippen molar-refractivity contribution in [1.82, 2.24) is 0 Å². The van der Waals surface area contributed by atoms with Crippen LogP contribution in [0.2, 0.25) is 0 Å². The summed E-state index contributed by atoms with van der Waals surface area (Å²) in [5.41, 5.74) is 2.37. The average molecular weight is 290 g/mol. The van der Waals surface area contributed by atoms with Crippen molar-refractivity contribution in [2.24, 2.45) is 0 Å². The van der Waals surface area contributed by atoms with Crippen LogP contribution >= 0.6 is 0 Å². The van der Waals surface area contributed by atoms with Gasteiger partial charge in [-0.2, -0.15) is 0 Å². The normalized spacial score (nSPS) is 20.2. The minimum atomic E-state index is -0.521. The number of hydrogen-bond acceptors (Lipinski definition) is 4. The van der Waals surface area contributed by atoms with Gasteiger partial charge in [-0.3, -0.25) is 0 Å². The van der Waals surface area contributed by atoms with Crippen molar-refractivity contribution in [2.45, 2.75) is 32.7 Å². The highest BCUT2D eigenvalue weighted by atomic mass is 16.7. The van der Waals surface area contributed by atoms with Gasteiger partial charge in [-0.05, 0) is 25.0 Å². The minimum absolute atomic E-state index is 0.217. The predicted octanol–water partition coefficient (Wildman–Crippen LogP) is 2.31. The molecule has 0 saturated carbocycles. The maximum atomic E-state index is 10.1. The van der Waals surface area contributed by atoms with E-state index in [1.807, 2.05) is 19.2 Å². The topological polar surface area (TPSA) is 62.1 Å². The van der Waals surface area contributed by atoms with E-state index < -0.39 is 6.29 Å². The van der Waals surface area contributed by atoms with Gasteiger partial charge in [0.1, 0.15) is 12.4 Å². The van der Waals surface area contributed by atoms with E-state index in [4.69, 9.17) is 14.2 Å². The molecule has 1 unspecified atom stereocenters. The van der Waals surface area contributed by atoms with E-state index in [1.54, 1.807) is 0 Å². The van der Waals surface area contributed by atoms with Crippen LogP contribution in [-0.2, 0) is 20.8 Å². The number of allylic oxidation sites excluding steroid dienone is 3. The van der Waals surface area contributed by atoms with Crippen LogP contribution in [0, 0.1) is 6.92 Å². The summed E-state index contributed by atoms with van der Waals surface area (Å²) in [6.07, 6.45) is 9.59. The number of nitrogens with one attached hydrogen (secondary N) is 1. The molecule has 2 aliphatic rings. The Balaban J connectivity index is 1.53. The van der Waals surface area contributed by atoms with E-state index in [-0.39, 0.29) is 5.75 Å². The van der Waals surface area contributed by atoms with Crippen molar-refractivity contribution < 1.29 is 24.3 Å². The molecule has 5 heteroatoms. The molecule has 1 atom stereocenters. The van der Waals surface area contributed by atoms with Crippen molar-refractivity contribution in [3.8, 4) is 5.75 Å². The fraction of sp³-hybridized carbons (Fsp3) is 0.438. The van der Waals surface area contributed by atoms with Crippen molar-refractivity contribution in [3.63, 3.8) is 0 Å². The fourth-order valence-electron chi connectivity index (χ4n) is 2.47. The van der Waals surface area contributed by atoms with Gasteiger partial charge in [0.25, 0.3) is 0 Å². The van der Waals surface area contributed by atoms with Crippen LogP contribution in [0.15, 0.2) is 30.2 Å². The van der Waals surface area contributed by atoms with Gasteiger partial charge in [-0.15, -0.1) is 0 Å². The average Bonchev–Trinajstić information content (AvgIpc) is 2.92. The molecule has 1 aliphatic carbocycles. The quantitative estimate of drug-likeness (QED) is 0.845. The van der Waals surface area contributed by atoms with Crippen LogP contribution in [0.25, 0.3) is 0 Å². The van der Waals surface area contributed by atoms with Crippen LogP contribution < -0.4 is 4.98 Å². The number of H-pyrrole nitrogens is 1. The second-order valence-electron chi connectivity index (χ2n) is 5.15. The number of rotatable bonds is 5. The molecule has 1 aromatic heterocycles. The number of fused-ring (bicyclic) bond motifs is 1. The van der Waals surface area contributed by atoms with Gasteiger partial charge in [-0.25, -0.2) is 4.98 Å². The molecule has 0 amide bonds. The zero-order valence-electron chi connectivity index (χ0n) is 12.1. The molecule has 2 heterocycles. The van der Waals surface area contributed by atoms with Gasteiger partial charge in [0.2, 0.25) is 5.69 Å². The van der Waals surface area contributed by atoms with Crippen molar-refractivity contribution >= 4 is 0 Å². The molecule has 112 valence electrons. The van der Waals surface area contributed by atoms with E-state index in [9.17, 15) is 5.11 Å². The molecule has 0 fully saturated rings. The Morgan fingerprint density at radius 3 is 3.10 bits per heavy atom. The number of aromatic hydroxyl groups is 1. The largest absolute Gasteiger partial charge is 0.502 e. The highest BCUT2D eigenvalue weighted by molar-refractivity contribution is 5.40. The highest BCUT2D eigenvalue weighted by Crippen LogP contribution is 2.37. The van der Waals surface area contributed by atoms with E-state index in [1.165, 1.54) is 0 Å². The first-order chi connectivity index (χ1) is 10.3. The molecule has 0 aromatic carbocycles. The van der Waals surface area contributed by atoms with Gasteiger partial charge >= 0.3 is 0 Å². The van der Waals surface area contributed by atoms with Gasteiger partial charge in [-0.1, -0.05) is 6.08 Å². The van der Waals surface area contributed by atoms with Crippen LogP contribution in [0.1, 0.15) is 36.0 Å². The third kappa shape index (κ3) is 3.09. The van der Waals surface area contributed by atoms with Crippen LogP contribution in [0.4, 0.5) is 0 Å². The number of pyridine rings is 1. The molecule has 2 N–H and O–H groups in total. The van der Waals surface area contributed by atoms with E-state index in [2.05, 4.69) is 17.1 Å². The van der Waals surface area contributed by atoms with Crippen LogP contribution in [0.5, 0.6) is 5.75 Å². The predicted molar refractivity (Wildman–Crippen MR) is 75.3 cm³/mol. The summed E-state index contributed by atoms with van der Waals surface area (Å²) in [6, 6.07) is 0. The Morgan fingerprint density at radius 1 is 1.38 bits per heavy atom. The van der Waals surface area contributed by atoms with Crippen LogP contribution in [0.3, 0.4) is 0 Å². The zero-order valence-corrected chi connectivity index (χ0v) is 12.1. The molecular weight excluding hydrogens is 270 g/mol. The summed E-state index contributed by atoms with van der Waals surface area (Å²) in [5.74, 6) is 1.11. The second kappa shape index (κ2) is 6.28. The summed E-state index contributed by atoms with van der Waals surface area (Å²) in [7, 11) is 0. The first-order valence-corrected chi connectivity index (χ1v) is 7.21. The van der Waals surface area contributed by atoms with Crippen molar-refractivity contribution in [2.75, 3.05) is 13.2 Å². The minimum Gasteiger partial charge on any atom is -0.502 e. The van der Waals surface area contributed by atoms with Gasteiger partial charge in [0.15, 0.2) is 18.2 Å². The van der Waals surface area contributed by atoms with Gasteiger partial charge in [0.05, 0.1) is 24.3 Å². The number of hydrogen-bond donors (Lipinski definition) is 1. The molecule has 0 radical (unpaired) electrons. The molecular formula is C16H20NO4+. The molecule has 0 spiro atoms. The van der Waals surface area contributed by atoms with E-state index in [0.29, 0.717) is 25.5 Å². The Kier molecular flexibility index (Phi) is 4.22.